The normalized spacial score (nSPS) is 19.2. The minimum atomic E-state index is -1.41. The number of carboxylic acid groups (broad SMARTS) is 1. The molecule has 526 valence electrons. The van der Waals surface area contributed by atoms with Gasteiger partial charge in [0, 0.05) is 70.9 Å². The Morgan fingerprint density at radius 3 is 1.99 bits per heavy atom. The largest absolute Gasteiger partial charge is 0.535 e. The standard InChI is InChI=1S/C45H53BN4O10S.C22H21BN4O7S.BBr3/c1-43(2,3)58-40(53)31-16-12-15-27(38(31)56-8)19-30(46-59-35-22-29-21-34(44(29,4)5)45(35,6)60-46)23-33(51)37(49-39(52)28-17-18-47-36(20-28)55-7)32-25-61-41(48-32)50-42(54)57-24-26-13-10-9-11-14-26;1-33-17-8-12(5-6-25-17)20(29)27-18(15-10-35-22(24)26-15)16(28)9-13-7-11-3-2-4-14(21(30)31)19(11)34-23(13)32;2-1(3)4/h9-18,20,25,29-30,34-35,37H,19,21-24H2,1-8H3,(H,49,52)(H,48,50,54);2-6,8,10,13,18,32H,7,9H2,1H3,(H2,24,26)(H,27,29)(H,30,31);/t29-,30+,34-,35?,37?,45-;13-,18?;/m01./s1. The fourth-order valence-corrected chi connectivity index (χ4v) is 14.2. The second-order valence-electron chi connectivity index (χ2n) is 25.8. The maximum Gasteiger partial charge on any atom is 0.526 e. The number of hydrogen-bond acceptors (Lipinski definition) is 23. The lowest BCUT2D eigenvalue weighted by atomic mass is 9.43. The predicted octanol–water partition coefficient (Wildman–Crippen LogP) is 11.9. The van der Waals surface area contributed by atoms with Crippen LogP contribution in [-0.4, -0.2) is 128 Å². The van der Waals surface area contributed by atoms with Crippen LogP contribution in [0.25, 0.3) is 0 Å². The van der Waals surface area contributed by atoms with Crippen LogP contribution in [0, 0.1) is 17.3 Å². The highest BCUT2D eigenvalue weighted by Crippen LogP contribution is 2.66. The van der Waals surface area contributed by atoms with Gasteiger partial charge in [-0.2, -0.15) is 0 Å². The van der Waals surface area contributed by atoms with Crippen LogP contribution in [0.5, 0.6) is 23.3 Å². The Balaban J connectivity index is 0.000000252. The van der Waals surface area contributed by atoms with Crippen LogP contribution >= 0.6 is 69.9 Å². The zero-order chi connectivity index (χ0) is 72.4. The quantitative estimate of drug-likeness (QED) is 0.0256. The average Bonchev–Trinajstić information content (AvgIpc) is 1.36. The number of pyridine rings is 2. The number of esters is 1. The van der Waals surface area contributed by atoms with E-state index in [4.69, 9.17) is 43.4 Å². The van der Waals surface area contributed by atoms with Crippen molar-refractivity contribution in [2.45, 2.75) is 128 Å². The average molecular weight is 1600 g/mol. The van der Waals surface area contributed by atoms with Crippen LogP contribution in [0.3, 0.4) is 0 Å². The number of carbonyl (C=O) groups excluding carboxylic acids is 6. The molecule has 3 aromatic carbocycles. The molecular formula is C67H74B3Br3N8O17S2. The molecule has 1 saturated heterocycles. The molecule has 3 saturated carbocycles. The number of methoxy groups -OCH3 is 3. The number of carboxylic acids is 1. The lowest BCUT2D eigenvalue weighted by molar-refractivity contribution is -0.199. The number of aromatic carboxylic acids is 1. The van der Waals surface area contributed by atoms with Crippen molar-refractivity contribution in [2.24, 2.45) is 17.3 Å². The summed E-state index contributed by atoms with van der Waals surface area (Å²) >= 11 is 11.5. The third kappa shape index (κ3) is 18.8. The van der Waals surface area contributed by atoms with Crippen LogP contribution in [0.1, 0.15) is 149 Å². The number of amides is 3. The molecule has 0 spiro atoms. The van der Waals surface area contributed by atoms with Crippen molar-refractivity contribution in [3.05, 3.63) is 164 Å². The van der Waals surface area contributed by atoms with Crippen LogP contribution in [0.2, 0.25) is 11.6 Å². The number of ether oxygens (including phenoxy) is 5. The first-order valence-electron chi connectivity index (χ1n) is 31.6. The summed E-state index contributed by atoms with van der Waals surface area (Å²) in [4.78, 5) is 110. The maximum atomic E-state index is 14.9. The van der Waals surface area contributed by atoms with Gasteiger partial charge in [-0.25, -0.2) is 34.3 Å². The summed E-state index contributed by atoms with van der Waals surface area (Å²) in [6, 6.07) is 22.6. The van der Waals surface area contributed by atoms with E-state index in [0.717, 1.165) is 41.1 Å². The third-order valence-corrected chi connectivity index (χ3v) is 19.3. The highest BCUT2D eigenvalue weighted by atomic mass is 79.9. The number of hydrogen-bond donors (Lipinski definition) is 6. The highest BCUT2D eigenvalue weighted by molar-refractivity contribution is 9.69. The smallest absolute Gasteiger partial charge is 0.526 e. The van der Waals surface area contributed by atoms with Gasteiger partial charge in [0.05, 0.1) is 50.0 Å². The van der Waals surface area contributed by atoms with Gasteiger partial charge >= 0.3 is 35.5 Å². The Labute approximate surface area is 611 Å². The number of anilines is 2. The summed E-state index contributed by atoms with van der Waals surface area (Å²) < 4.78 is 46.8. The minimum Gasteiger partial charge on any atom is -0.535 e. The lowest BCUT2D eigenvalue weighted by Crippen LogP contribution is -2.65. The van der Waals surface area contributed by atoms with E-state index in [9.17, 15) is 43.7 Å². The van der Waals surface area contributed by atoms with Gasteiger partial charge in [0.25, 0.3) is 11.8 Å². The van der Waals surface area contributed by atoms with Crippen molar-refractivity contribution in [1.82, 2.24) is 30.6 Å². The van der Waals surface area contributed by atoms with Crippen molar-refractivity contribution < 1.29 is 81.3 Å². The van der Waals surface area contributed by atoms with Crippen molar-refractivity contribution in [3.63, 3.8) is 0 Å². The summed E-state index contributed by atoms with van der Waals surface area (Å²) in [5.41, 5.74) is 7.64. The first kappa shape index (κ1) is 76.4. The first-order chi connectivity index (χ1) is 47.5. The molecule has 33 heteroatoms. The molecule has 12 rings (SSSR count). The molecule has 3 aliphatic carbocycles. The number of carbonyl (C=O) groups is 7. The van der Waals surface area contributed by atoms with E-state index in [0.29, 0.717) is 22.8 Å². The van der Waals surface area contributed by atoms with Crippen LogP contribution in [-0.2, 0) is 47.8 Å². The number of nitrogen functional groups attached to an aromatic ring is 1. The molecule has 25 nitrogen and oxygen atoms in total. The minimum absolute atomic E-state index is 0.0500. The molecular weight excluding hydrogens is 1530 g/mol. The Kier molecular flexibility index (Phi) is 25.5. The van der Waals surface area contributed by atoms with Crippen LogP contribution in [0.15, 0.2) is 114 Å². The number of fused-ring (bicyclic) bond motifs is 1. The van der Waals surface area contributed by atoms with Gasteiger partial charge in [-0.3, -0.25) is 24.5 Å². The topological polar surface area (TPSA) is 347 Å². The number of para-hydroxylation sites is 2. The first-order valence-corrected chi connectivity index (χ1v) is 36.1. The third-order valence-electron chi connectivity index (χ3n) is 17.8. The zero-order valence-electron chi connectivity index (χ0n) is 56.0. The molecule has 5 aliphatic rings. The van der Waals surface area contributed by atoms with E-state index in [-0.39, 0.29) is 120 Å². The van der Waals surface area contributed by atoms with E-state index >= 15 is 0 Å². The molecule has 100 heavy (non-hydrogen) atoms. The number of Topliss-reactive ketones (excluding diaryl/α,β-unsaturated/α-hetero) is 2. The van der Waals surface area contributed by atoms with Gasteiger partial charge in [0.15, 0.2) is 21.8 Å². The Bertz CT molecular complexity index is 4120. The Morgan fingerprint density at radius 1 is 0.790 bits per heavy atom. The number of nitrogens with zero attached hydrogens (tertiary/aromatic N) is 4. The van der Waals surface area contributed by atoms with Crippen LogP contribution in [0.4, 0.5) is 15.1 Å². The highest BCUT2D eigenvalue weighted by Gasteiger charge is 2.68. The van der Waals surface area contributed by atoms with E-state index in [1.54, 1.807) is 55.8 Å². The van der Waals surface area contributed by atoms with E-state index in [1.165, 1.54) is 64.1 Å². The van der Waals surface area contributed by atoms with Crippen molar-refractivity contribution in [2.75, 3.05) is 32.4 Å². The van der Waals surface area contributed by atoms with Crippen molar-refractivity contribution >= 4 is 139 Å². The summed E-state index contributed by atoms with van der Waals surface area (Å²) in [5, 5.41) is 31.7. The molecule has 6 heterocycles. The molecule has 0 radical (unpaired) electrons. The number of nitrogens with one attached hydrogen (secondary N) is 3. The predicted molar refractivity (Wildman–Crippen MR) is 388 cm³/mol. The van der Waals surface area contributed by atoms with Gasteiger partial charge < -0.3 is 64.1 Å². The Hall–Kier alpha value is -7.78. The second-order valence-corrected chi connectivity index (χ2v) is 34.0. The summed E-state index contributed by atoms with van der Waals surface area (Å²) in [5.74, 6) is -3.30. The van der Waals surface area contributed by atoms with Crippen molar-refractivity contribution in [3.8, 4) is 23.3 Å². The summed E-state index contributed by atoms with van der Waals surface area (Å²) in [6.45, 7) is 12.1. The van der Waals surface area contributed by atoms with Gasteiger partial charge in [-0.1, -0.05) is 68.4 Å². The Morgan fingerprint density at radius 2 is 1.40 bits per heavy atom. The maximum absolute atomic E-state index is 14.9. The molecule has 2 aliphatic heterocycles. The lowest BCUT2D eigenvalue weighted by Gasteiger charge is -2.64. The number of ketones is 2. The molecule has 2 bridgehead atoms. The van der Waals surface area contributed by atoms with E-state index in [1.807, 2.05) is 36.4 Å². The molecule has 4 fully saturated rings. The monoisotopic (exact) mass is 1600 g/mol. The van der Waals surface area contributed by atoms with Crippen molar-refractivity contribution in [1.29, 1.82) is 0 Å². The van der Waals surface area contributed by atoms with E-state index < -0.39 is 84.8 Å². The zero-order valence-corrected chi connectivity index (χ0v) is 62.4. The number of benzene rings is 3. The fraction of sp³-hybridized carbons (Fsp3) is 0.388. The molecule has 4 aromatic heterocycles. The molecule has 7 aromatic rings. The van der Waals surface area contributed by atoms with Gasteiger partial charge in [0.2, 0.25) is 11.8 Å². The number of rotatable bonds is 23. The number of halogens is 3. The van der Waals surface area contributed by atoms with Gasteiger partial charge in [0.1, 0.15) is 41.4 Å². The molecule has 3 unspecified atom stereocenters. The van der Waals surface area contributed by atoms with E-state index in [2.05, 4.69) is 104 Å². The summed E-state index contributed by atoms with van der Waals surface area (Å²) in [7, 11) is 2.14. The number of thiazole rings is 2. The molecule has 8 atom stereocenters. The molecule has 7 N–H and O–H groups in total. The fourth-order valence-electron chi connectivity index (χ4n) is 12.9. The molecule has 3 amide bonds. The summed E-state index contributed by atoms with van der Waals surface area (Å²) in [6.07, 6.45) is 3.96. The van der Waals surface area contributed by atoms with Gasteiger partial charge in [-0.15, -0.1) is 69.9 Å². The number of aromatic nitrogens is 4. The van der Waals surface area contributed by atoms with Gasteiger partial charge in [-0.05, 0) is 112 Å². The SMILES string of the molecule is BrB(Br)Br.COc1cc(C(=O)NC(C(=O)C[C@@H](Cc2cccc(C(=O)OC(C)(C)C)c2OC)B2OC3C[C@@H]4C[C@@H](C4(C)C)[C@]3(C)O2)c2csc(NC(=O)OCc3ccccc3)n2)ccn1.COc1cc(C(=O)NC(C(=O)C[C@H]2Cc3cccc(C(=O)O)c3OB2O)c2csc(N)n2)ccn1. The number of nitrogens with two attached hydrogens (primary N) is 1. The van der Waals surface area contributed by atoms with Crippen LogP contribution < -0.4 is 40.5 Å². The second kappa shape index (κ2) is 33.3.